The average molecular weight is 776 g/mol. The molecule has 6 heteroatoms. The molecule has 0 spiro atoms. The molecular weight excluding hydrogens is 683 g/mol. The van der Waals surface area contributed by atoms with Crippen LogP contribution >= 0.6 is 0 Å². The summed E-state index contributed by atoms with van der Waals surface area (Å²) in [7, 11) is 0. The molecule has 324 valence electrons. The standard InChI is InChI=1S/C49H93NO5/c1-3-5-7-9-11-13-15-17-19-20-22-25-29-33-37-41-47(52)46(45-51)50-48(53)42-38-34-30-26-24-28-32-36-40-44-55-49(54)43-39-35-31-27-23-21-18-16-14-12-10-8-6-4-2/h16,18,37,41,46-47,51-52H,3-15,17,19-36,38-40,42-45H2,1-2H3,(H,50,53)/b18-16-,41-37+. The van der Waals surface area contributed by atoms with Gasteiger partial charge < -0.3 is 20.3 Å². The van der Waals surface area contributed by atoms with Crippen LogP contribution < -0.4 is 5.32 Å². The molecule has 2 atom stereocenters. The van der Waals surface area contributed by atoms with Crippen molar-refractivity contribution in [3.8, 4) is 0 Å². The van der Waals surface area contributed by atoms with E-state index in [0.29, 0.717) is 19.4 Å². The lowest BCUT2D eigenvalue weighted by Crippen LogP contribution is -2.45. The van der Waals surface area contributed by atoms with Crippen molar-refractivity contribution >= 4 is 11.9 Å². The number of carbonyl (C=O) groups excluding carboxylic acids is 2. The Hall–Kier alpha value is -1.66. The van der Waals surface area contributed by atoms with Crippen molar-refractivity contribution in [3.05, 3.63) is 24.3 Å². The van der Waals surface area contributed by atoms with E-state index >= 15 is 0 Å². The Morgan fingerprint density at radius 1 is 0.491 bits per heavy atom. The Morgan fingerprint density at radius 2 is 0.855 bits per heavy atom. The molecule has 0 aromatic heterocycles. The lowest BCUT2D eigenvalue weighted by Gasteiger charge is -2.20. The van der Waals surface area contributed by atoms with E-state index in [4.69, 9.17) is 4.74 Å². The van der Waals surface area contributed by atoms with Crippen molar-refractivity contribution in [1.82, 2.24) is 5.32 Å². The lowest BCUT2D eigenvalue weighted by molar-refractivity contribution is -0.143. The maximum absolute atomic E-state index is 12.4. The first-order valence-electron chi connectivity index (χ1n) is 24.1. The molecule has 0 radical (unpaired) electrons. The zero-order valence-corrected chi connectivity index (χ0v) is 36.7. The minimum absolute atomic E-state index is 0.0362. The van der Waals surface area contributed by atoms with Gasteiger partial charge in [0.1, 0.15) is 0 Å². The molecule has 0 bridgehead atoms. The molecule has 0 aromatic carbocycles. The highest BCUT2D eigenvalue weighted by atomic mass is 16.5. The lowest BCUT2D eigenvalue weighted by atomic mass is 10.0. The maximum atomic E-state index is 12.4. The molecule has 55 heavy (non-hydrogen) atoms. The summed E-state index contributed by atoms with van der Waals surface area (Å²) >= 11 is 0. The number of hydrogen-bond acceptors (Lipinski definition) is 5. The normalized spacial score (nSPS) is 12.9. The van der Waals surface area contributed by atoms with E-state index in [1.807, 2.05) is 6.08 Å². The Balaban J connectivity index is 3.54. The fourth-order valence-electron chi connectivity index (χ4n) is 7.21. The van der Waals surface area contributed by atoms with Crippen molar-refractivity contribution in [3.63, 3.8) is 0 Å². The van der Waals surface area contributed by atoms with Gasteiger partial charge in [0.05, 0.1) is 25.4 Å². The second kappa shape index (κ2) is 45.0. The summed E-state index contributed by atoms with van der Waals surface area (Å²) in [6.07, 6.45) is 51.6. The molecule has 1 amide bonds. The molecule has 0 heterocycles. The number of carbonyl (C=O) groups is 2. The minimum atomic E-state index is -0.861. The molecule has 0 fully saturated rings. The minimum Gasteiger partial charge on any atom is -0.466 e. The quantitative estimate of drug-likeness (QED) is 0.0325. The second-order valence-electron chi connectivity index (χ2n) is 16.4. The van der Waals surface area contributed by atoms with Crippen LogP contribution in [0, 0.1) is 0 Å². The Bertz CT molecular complexity index is 858. The molecule has 0 saturated heterocycles. The van der Waals surface area contributed by atoms with E-state index in [0.717, 1.165) is 57.8 Å². The zero-order chi connectivity index (χ0) is 40.1. The summed E-state index contributed by atoms with van der Waals surface area (Å²) < 4.78 is 5.43. The molecule has 3 N–H and O–H groups in total. The van der Waals surface area contributed by atoms with Gasteiger partial charge >= 0.3 is 5.97 Å². The highest BCUT2D eigenvalue weighted by Gasteiger charge is 2.18. The number of aliphatic hydroxyl groups is 2. The predicted octanol–water partition coefficient (Wildman–Crippen LogP) is 14.0. The average Bonchev–Trinajstić information content (AvgIpc) is 3.18. The third-order valence-corrected chi connectivity index (χ3v) is 11.0. The topological polar surface area (TPSA) is 95.9 Å². The summed E-state index contributed by atoms with van der Waals surface area (Å²) in [5.41, 5.74) is 0. The molecule has 0 aliphatic rings. The second-order valence-corrected chi connectivity index (χ2v) is 16.4. The van der Waals surface area contributed by atoms with E-state index in [1.54, 1.807) is 6.08 Å². The molecule has 0 rings (SSSR count). The number of unbranched alkanes of at least 4 members (excludes halogenated alkanes) is 31. The van der Waals surface area contributed by atoms with Crippen molar-refractivity contribution in [2.45, 2.75) is 264 Å². The summed E-state index contributed by atoms with van der Waals surface area (Å²) in [5.74, 6) is -0.132. The Morgan fingerprint density at radius 3 is 1.29 bits per heavy atom. The smallest absolute Gasteiger partial charge is 0.305 e. The van der Waals surface area contributed by atoms with Crippen LogP contribution in [0.1, 0.15) is 251 Å². The third kappa shape index (κ3) is 41.8. The number of nitrogens with one attached hydrogen (secondary N) is 1. The summed E-state index contributed by atoms with van der Waals surface area (Å²) in [6, 6.07) is -0.647. The van der Waals surface area contributed by atoms with E-state index < -0.39 is 12.1 Å². The van der Waals surface area contributed by atoms with Crippen LogP contribution in [0.25, 0.3) is 0 Å². The highest BCUT2D eigenvalue weighted by molar-refractivity contribution is 5.76. The van der Waals surface area contributed by atoms with E-state index in [1.165, 1.54) is 167 Å². The number of hydrogen-bond donors (Lipinski definition) is 3. The van der Waals surface area contributed by atoms with Gasteiger partial charge in [-0.2, -0.15) is 0 Å². The van der Waals surface area contributed by atoms with Gasteiger partial charge in [0.15, 0.2) is 0 Å². The first-order valence-corrected chi connectivity index (χ1v) is 24.1. The fraction of sp³-hybridized carbons (Fsp3) is 0.878. The number of rotatable bonds is 44. The predicted molar refractivity (Wildman–Crippen MR) is 236 cm³/mol. The maximum Gasteiger partial charge on any atom is 0.305 e. The van der Waals surface area contributed by atoms with Gasteiger partial charge in [0, 0.05) is 12.8 Å². The van der Waals surface area contributed by atoms with Crippen LogP contribution in [0.3, 0.4) is 0 Å². The number of allylic oxidation sites excluding steroid dienone is 3. The van der Waals surface area contributed by atoms with Crippen molar-refractivity contribution in [1.29, 1.82) is 0 Å². The van der Waals surface area contributed by atoms with Crippen LogP contribution in [0.5, 0.6) is 0 Å². The van der Waals surface area contributed by atoms with E-state index in [2.05, 4.69) is 31.3 Å². The van der Waals surface area contributed by atoms with Gasteiger partial charge in [-0.05, 0) is 57.8 Å². The number of esters is 1. The van der Waals surface area contributed by atoms with E-state index in [9.17, 15) is 19.8 Å². The third-order valence-electron chi connectivity index (χ3n) is 11.0. The fourth-order valence-corrected chi connectivity index (χ4v) is 7.21. The van der Waals surface area contributed by atoms with Gasteiger partial charge in [-0.15, -0.1) is 0 Å². The molecular formula is C49H93NO5. The number of amides is 1. The molecule has 0 aromatic rings. The Kier molecular flexibility index (Phi) is 43.7. The van der Waals surface area contributed by atoms with Gasteiger partial charge in [-0.1, -0.05) is 205 Å². The van der Waals surface area contributed by atoms with Crippen LogP contribution in [0.4, 0.5) is 0 Å². The van der Waals surface area contributed by atoms with Crippen LogP contribution in [-0.4, -0.2) is 47.4 Å². The SMILES string of the molecule is CCCCCCC/C=C\CCCCCCCC(=O)OCCCCCCCCCCCC(=O)NC(CO)C(O)/C=C/CCCCCCCCCCCCCCC. The monoisotopic (exact) mass is 776 g/mol. The van der Waals surface area contributed by atoms with Crippen LogP contribution in [0.15, 0.2) is 24.3 Å². The summed E-state index contributed by atoms with van der Waals surface area (Å²) in [4.78, 5) is 24.4. The first-order chi connectivity index (χ1) is 27.0. The molecule has 2 unspecified atom stereocenters. The number of ether oxygens (including phenoxy) is 1. The highest BCUT2D eigenvalue weighted by Crippen LogP contribution is 2.15. The largest absolute Gasteiger partial charge is 0.466 e. The zero-order valence-electron chi connectivity index (χ0n) is 36.7. The van der Waals surface area contributed by atoms with Gasteiger partial charge in [-0.25, -0.2) is 0 Å². The van der Waals surface area contributed by atoms with Gasteiger partial charge in [-0.3, -0.25) is 9.59 Å². The Labute approximate surface area is 341 Å². The summed E-state index contributed by atoms with van der Waals surface area (Å²) in [5, 5.41) is 23.0. The van der Waals surface area contributed by atoms with Crippen molar-refractivity contribution in [2.24, 2.45) is 0 Å². The van der Waals surface area contributed by atoms with Crippen molar-refractivity contribution < 1.29 is 24.5 Å². The molecule has 0 aliphatic carbocycles. The van der Waals surface area contributed by atoms with Gasteiger partial charge in [0.25, 0.3) is 0 Å². The van der Waals surface area contributed by atoms with Crippen molar-refractivity contribution in [2.75, 3.05) is 13.2 Å². The molecule has 0 saturated carbocycles. The first kappa shape index (κ1) is 53.3. The van der Waals surface area contributed by atoms with Gasteiger partial charge in [0.2, 0.25) is 5.91 Å². The molecule has 0 aliphatic heterocycles. The number of aliphatic hydroxyl groups excluding tert-OH is 2. The van der Waals surface area contributed by atoms with Crippen LogP contribution in [-0.2, 0) is 14.3 Å². The van der Waals surface area contributed by atoms with E-state index in [-0.39, 0.29) is 18.5 Å². The molecule has 6 nitrogen and oxygen atoms in total. The summed E-state index contributed by atoms with van der Waals surface area (Å²) in [6.45, 7) is 4.82. The van der Waals surface area contributed by atoms with Crippen LogP contribution in [0.2, 0.25) is 0 Å².